The van der Waals surface area contributed by atoms with Crippen molar-refractivity contribution in [2.24, 2.45) is 5.73 Å². The number of aliphatic hydroxyl groups excluding tert-OH is 2. The molecule has 0 aromatic carbocycles. The van der Waals surface area contributed by atoms with Crippen LogP contribution < -0.4 is 11.5 Å². The average Bonchev–Trinajstić information content (AvgIpc) is 2.90. The van der Waals surface area contributed by atoms with E-state index in [0.717, 1.165) is 3.57 Å². The molecule has 20 heavy (non-hydrogen) atoms. The quantitative estimate of drug-likeness (QED) is 0.493. The lowest BCUT2D eigenvalue weighted by atomic mass is 10.1. The largest absolute Gasteiger partial charge is 0.387 e. The predicted molar refractivity (Wildman–Crippen MR) is 79.6 cm³/mol. The van der Waals surface area contributed by atoms with Gasteiger partial charge in [0.15, 0.2) is 6.23 Å². The number of halogens is 1. The topological polar surface area (TPSA) is 132 Å². The smallest absolute Gasteiger partial charge is 0.164 e. The van der Waals surface area contributed by atoms with Gasteiger partial charge in [-0.15, -0.1) is 0 Å². The highest BCUT2D eigenvalue weighted by atomic mass is 127. The van der Waals surface area contributed by atoms with Gasteiger partial charge in [0, 0.05) is 16.3 Å². The van der Waals surface area contributed by atoms with Gasteiger partial charge in [0.2, 0.25) is 0 Å². The third-order valence-corrected chi connectivity index (χ3v) is 4.25. The monoisotopic (exact) mass is 391 g/mol. The first kappa shape index (κ1) is 13.9. The number of anilines is 1. The minimum Gasteiger partial charge on any atom is -0.387 e. The fourth-order valence-corrected chi connectivity index (χ4v) is 3.23. The Kier molecular flexibility index (Phi) is 3.54. The van der Waals surface area contributed by atoms with E-state index in [0.29, 0.717) is 16.9 Å². The van der Waals surface area contributed by atoms with Crippen molar-refractivity contribution in [3.05, 3.63) is 16.1 Å². The molecule has 108 valence electrons. The number of nitrogens with two attached hydrogens (primary N) is 2. The van der Waals surface area contributed by atoms with Crippen LogP contribution in [0.25, 0.3) is 11.0 Å². The van der Waals surface area contributed by atoms with Gasteiger partial charge >= 0.3 is 0 Å². The van der Waals surface area contributed by atoms with Gasteiger partial charge < -0.3 is 31.0 Å². The van der Waals surface area contributed by atoms with Crippen molar-refractivity contribution >= 4 is 39.4 Å². The van der Waals surface area contributed by atoms with Gasteiger partial charge in [-0.3, -0.25) is 0 Å². The van der Waals surface area contributed by atoms with E-state index in [1.807, 2.05) is 0 Å². The average molecular weight is 391 g/mol. The van der Waals surface area contributed by atoms with Gasteiger partial charge in [-0.05, 0) is 22.6 Å². The van der Waals surface area contributed by atoms with E-state index in [1.54, 1.807) is 10.8 Å². The molecule has 0 saturated carbocycles. The summed E-state index contributed by atoms with van der Waals surface area (Å²) in [6.07, 6.45) is -0.355. The van der Waals surface area contributed by atoms with Crippen LogP contribution in [0.3, 0.4) is 0 Å². The van der Waals surface area contributed by atoms with Crippen LogP contribution in [-0.2, 0) is 4.74 Å². The maximum absolute atomic E-state index is 10.1. The molecule has 8 nitrogen and oxygen atoms in total. The lowest BCUT2D eigenvalue weighted by Gasteiger charge is -2.17. The molecule has 0 radical (unpaired) electrons. The molecule has 1 aliphatic heterocycles. The molecule has 0 spiro atoms. The van der Waals surface area contributed by atoms with Crippen LogP contribution in [0.2, 0.25) is 0 Å². The van der Waals surface area contributed by atoms with Gasteiger partial charge in [0.25, 0.3) is 0 Å². The fourth-order valence-electron chi connectivity index (χ4n) is 2.41. The fraction of sp³-hybridized carbons (Fsp3) is 0.455. The Labute approximate surface area is 127 Å². The molecule has 0 amide bonds. The Bertz CT molecular complexity index is 648. The third kappa shape index (κ3) is 1.97. The number of nitrogen functional groups attached to an aromatic ring is 1. The van der Waals surface area contributed by atoms with E-state index in [4.69, 9.17) is 16.2 Å². The van der Waals surface area contributed by atoms with Crippen LogP contribution in [0.1, 0.15) is 6.23 Å². The molecular weight excluding hydrogens is 377 g/mol. The van der Waals surface area contributed by atoms with E-state index in [1.165, 1.54) is 6.33 Å². The number of rotatable bonds is 2. The molecule has 4 atom stereocenters. The number of hydrogen-bond acceptors (Lipinski definition) is 7. The number of aliphatic hydroxyl groups is 2. The summed E-state index contributed by atoms with van der Waals surface area (Å²) in [7, 11) is 0. The molecule has 1 aliphatic rings. The third-order valence-electron chi connectivity index (χ3n) is 3.44. The second-order valence-corrected chi connectivity index (χ2v) is 5.79. The normalized spacial score (nSPS) is 30.2. The lowest BCUT2D eigenvalue weighted by molar-refractivity contribution is -0.0319. The van der Waals surface area contributed by atoms with Gasteiger partial charge in [0.1, 0.15) is 36.1 Å². The molecule has 2 aromatic heterocycles. The van der Waals surface area contributed by atoms with Crippen LogP contribution in [0.15, 0.2) is 12.5 Å². The molecular formula is C11H14IN5O3. The van der Waals surface area contributed by atoms with E-state index in [-0.39, 0.29) is 6.54 Å². The molecule has 9 heteroatoms. The van der Waals surface area contributed by atoms with Crippen LogP contribution in [0.5, 0.6) is 0 Å². The van der Waals surface area contributed by atoms with Crippen molar-refractivity contribution in [2.45, 2.75) is 24.5 Å². The SMILES string of the molecule is NC[C@H]1O[C@H](n2cc(I)c3c(N)ncnc32)[C@H](O)[C@@H]1O. The Hall–Kier alpha value is -1.01. The standard InChI is InChI=1S/C11H14IN5O3/c12-4-2-17(10-6(4)9(14)15-3-16-10)11-8(19)7(18)5(1-13)20-11/h2-3,5,7-8,11,18-19H,1,13H2,(H2,14,15,16)/t5-,7-,8-,11+/m1/s1. The molecule has 0 aliphatic carbocycles. The zero-order chi connectivity index (χ0) is 14.4. The summed E-state index contributed by atoms with van der Waals surface area (Å²) in [4.78, 5) is 8.13. The lowest BCUT2D eigenvalue weighted by Crippen LogP contribution is -2.35. The second kappa shape index (κ2) is 5.07. The Morgan fingerprint density at radius 2 is 2.10 bits per heavy atom. The molecule has 0 bridgehead atoms. The van der Waals surface area contributed by atoms with E-state index >= 15 is 0 Å². The first-order valence-electron chi connectivity index (χ1n) is 6.02. The highest BCUT2D eigenvalue weighted by molar-refractivity contribution is 14.1. The number of nitrogens with zero attached hydrogens (tertiary/aromatic N) is 3. The maximum atomic E-state index is 10.1. The first-order valence-corrected chi connectivity index (χ1v) is 7.10. The minimum atomic E-state index is -1.08. The van der Waals surface area contributed by atoms with Crippen LogP contribution >= 0.6 is 22.6 Å². The Morgan fingerprint density at radius 1 is 1.35 bits per heavy atom. The van der Waals surface area contributed by atoms with Gasteiger partial charge in [-0.1, -0.05) is 0 Å². The molecule has 6 N–H and O–H groups in total. The summed E-state index contributed by atoms with van der Waals surface area (Å²) in [5.41, 5.74) is 11.9. The van der Waals surface area contributed by atoms with Crippen molar-refractivity contribution < 1.29 is 14.9 Å². The van der Waals surface area contributed by atoms with E-state index in [2.05, 4.69) is 32.6 Å². The zero-order valence-corrected chi connectivity index (χ0v) is 12.5. The predicted octanol–water partition coefficient (Wildman–Crippen LogP) is -0.804. The van der Waals surface area contributed by atoms with Crippen LogP contribution in [0, 0.1) is 3.57 Å². The minimum absolute atomic E-state index is 0.127. The van der Waals surface area contributed by atoms with Gasteiger partial charge in [-0.25, -0.2) is 9.97 Å². The number of ether oxygens (including phenoxy) is 1. The van der Waals surface area contributed by atoms with Crippen LogP contribution in [0.4, 0.5) is 5.82 Å². The molecule has 1 fully saturated rings. The van der Waals surface area contributed by atoms with Crippen LogP contribution in [-0.4, -0.2) is 49.6 Å². The van der Waals surface area contributed by atoms with E-state index < -0.39 is 24.5 Å². The molecule has 1 saturated heterocycles. The van der Waals surface area contributed by atoms with Crippen molar-refractivity contribution in [3.8, 4) is 0 Å². The van der Waals surface area contributed by atoms with Gasteiger partial charge in [-0.2, -0.15) is 0 Å². The summed E-state index contributed by atoms with van der Waals surface area (Å²) in [6, 6.07) is 0. The second-order valence-electron chi connectivity index (χ2n) is 4.62. The zero-order valence-electron chi connectivity index (χ0n) is 10.3. The number of aromatic nitrogens is 3. The summed E-state index contributed by atoms with van der Waals surface area (Å²) < 4.78 is 8.11. The highest BCUT2D eigenvalue weighted by Gasteiger charge is 2.43. The molecule has 2 aromatic rings. The highest BCUT2D eigenvalue weighted by Crippen LogP contribution is 2.34. The summed E-state index contributed by atoms with van der Waals surface area (Å²) in [5.74, 6) is 0.363. The number of fused-ring (bicyclic) bond motifs is 1. The molecule has 3 heterocycles. The maximum Gasteiger partial charge on any atom is 0.164 e. The molecule has 0 unspecified atom stereocenters. The van der Waals surface area contributed by atoms with E-state index in [9.17, 15) is 10.2 Å². The van der Waals surface area contributed by atoms with Crippen molar-refractivity contribution in [3.63, 3.8) is 0 Å². The Morgan fingerprint density at radius 3 is 2.75 bits per heavy atom. The molecule has 3 rings (SSSR count). The van der Waals surface area contributed by atoms with Crippen molar-refractivity contribution in [2.75, 3.05) is 12.3 Å². The summed E-state index contributed by atoms with van der Waals surface area (Å²) in [6.45, 7) is 0.127. The summed E-state index contributed by atoms with van der Waals surface area (Å²) >= 11 is 2.11. The summed E-state index contributed by atoms with van der Waals surface area (Å²) in [5, 5.41) is 20.7. The van der Waals surface area contributed by atoms with Gasteiger partial charge in [0.05, 0.1) is 5.39 Å². The van der Waals surface area contributed by atoms with Crippen molar-refractivity contribution in [1.29, 1.82) is 0 Å². The Balaban J connectivity index is 2.10. The first-order chi connectivity index (χ1) is 9.54. The number of hydrogen-bond donors (Lipinski definition) is 4. The van der Waals surface area contributed by atoms with Crippen molar-refractivity contribution in [1.82, 2.24) is 14.5 Å².